The predicted octanol–water partition coefficient (Wildman–Crippen LogP) is 5.22. The van der Waals surface area contributed by atoms with Crippen molar-refractivity contribution in [2.45, 2.75) is 0 Å². The molecule has 0 saturated carbocycles. The van der Waals surface area contributed by atoms with Crippen molar-refractivity contribution in [2.75, 3.05) is 5.43 Å². The molecule has 0 saturated heterocycles. The van der Waals surface area contributed by atoms with E-state index in [2.05, 4.69) is 25.7 Å². The third-order valence-corrected chi connectivity index (χ3v) is 3.99. The molecule has 4 rings (SSSR count). The number of aromatic nitrogens is 2. The number of nitrogens with zero attached hydrogens (tertiary/aromatic N) is 5. The summed E-state index contributed by atoms with van der Waals surface area (Å²) in [5.74, 6) is 0. The van der Waals surface area contributed by atoms with Crippen LogP contribution in [0.1, 0.15) is 0 Å². The lowest BCUT2D eigenvalue weighted by Crippen LogP contribution is -2.07. The molecule has 0 spiro atoms. The van der Waals surface area contributed by atoms with Gasteiger partial charge in [-0.25, -0.2) is 0 Å². The molecule has 0 aliphatic rings. The summed E-state index contributed by atoms with van der Waals surface area (Å²) in [6, 6.07) is 25.3. The maximum atomic E-state index is 4.38. The molecule has 0 fully saturated rings. The molecule has 136 valence electrons. The highest BCUT2D eigenvalue weighted by molar-refractivity contribution is 5.45. The lowest BCUT2D eigenvalue weighted by Gasteiger charge is -2.06. The summed E-state index contributed by atoms with van der Waals surface area (Å²) in [6.45, 7) is 0. The van der Waals surface area contributed by atoms with Crippen LogP contribution in [-0.4, -0.2) is 9.55 Å². The fourth-order valence-electron chi connectivity index (χ4n) is 2.52. The van der Waals surface area contributed by atoms with Crippen molar-refractivity contribution >= 4 is 17.1 Å². The van der Waals surface area contributed by atoms with E-state index in [-0.39, 0.29) is 0 Å². The Morgan fingerprint density at radius 1 is 0.679 bits per heavy atom. The summed E-state index contributed by atoms with van der Waals surface area (Å²) in [6.07, 6.45) is 7.33. The van der Waals surface area contributed by atoms with Gasteiger partial charge in [0.25, 0.3) is 0 Å². The van der Waals surface area contributed by atoms with Crippen molar-refractivity contribution in [1.29, 1.82) is 0 Å². The molecule has 0 aliphatic carbocycles. The van der Waals surface area contributed by atoms with Crippen LogP contribution in [0.2, 0.25) is 0 Å². The van der Waals surface area contributed by atoms with Crippen molar-refractivity contribution in [2.24, 2.45) is 15.3 Å². The summed E-state index contributed by atoms with van der Waals surface area (Å²) < 4.78 is 2.02. The first-order valence-electron chi connectivity index (χ1n) is 8.82. The number of anilines is 1. The van der Waals surface area contributed by atoms with Gasteiger partial charge in [0.05, 0.1) is 22.4 Å². The monoisotopic (exact) mass is 366 g/mol. The Labute approximate surface area is 162 Å². The number of azo groups is 1. The highest BCUT2D eigenvalue weighted by Gasteiger charge is 1.96. The second-order valence-corrected chi connectivity index (χ2v) is 5.98. The first-order chi connectivity index (χ1) is 13.9. The first kappa shape index (κ1) is 17.4. The van der Waals surface area contributed by atoms with Gasteiger partial charge in [-0.3, -0.25) is 10.4 Å². The lowest BCUT2D eigenvalue weighted by atomic mass is 10.3. The zero-order valence-corrected chi connectivity index (χ0v) is 15.1. The molecule has 0 radical (unpaired) electrons. The predicted molar refractivity (Wildman–Crippen MR) is 110 cm³/mol. The molecule has 6 heteroatoms. The molecule has 0 aliphatic heterocycles. The number of pyridine rings is 2. The molecular weight excluding hydrogens is 348 g/mol. The second kappa shape index (κ2) is 8.55. The molecule has 2 aromatic heterocycles. The van der Waals surface area contributed by atoms with Crippen LogP contribution in [0, 0.1) is 0 Å². The van der Waals surface area contributed by atoms with Crippen molar-refractivity contribution in [1.82, 2.24) is 9.55 Å². The number of benzene rings is 2. The van der Waals surface area contributed by atoms with Gasteiger partial charge in [0.1, 0.15) is 0 Å². The summed E-state index contributed by atoms with van der Waals surface area (Å²) in [7, 11) is 0. The summed E-state index contributed by atoms with van der Waals surface area (Å²) in [4.78, 5) is 3.96. The fourth-order valence-corrected chi connectivity index (χ4v) is 2.52. The Balaban J connectivity index is 1.45. The molecule has 2 aromatic carbocycles. The van der Waals surface area contributed by atoms with E-state index in [1.807, 2.05) is 95.8 Å². The van der Waals surface area contributed by atoms with Gasteiger partial charge in [0, 0.05) is 30.5 Å². The van der Waals surface area contributed by atoms with E-state index >= 15 is 0 Å². The van der Waals surface area contributed by atoms with Gasteiger partial charge >= 0.3 is 0 Å². The molecule has 0 bridgehead atoms. The molecule has 4 aromatic rings. The number of rotatable bonds is 5. The minimum absolute atomic E-state index is 0.775. The van der Waals surface area contributed by atoms with Gasteiger partial charge in [-0.15, -0.1) is 0 Å². The normalized spacial score (nSPS) is 10.7. The SMILES string of the molecule is c1ccc(NN=c2ccn(-c3ccc(N=Nc4ccncc4)cc3)cc2)cc1. The van der Waals surface area contributed by atoms with Crippen molar-refractivity contribution in [3.63, 3.8) is 0 Å². The van der Waals surface area contributed by atoms with E-state index in [4.69, 9.17) is 0 Å². The molecule has 0 amide bonds. The Morgan fingerprint density at radius 2 is 1.32 bits per heavy atom. The summed E-state index contributed by atoms with van der Waals surface area (Å²) in [5, 5.41) is 13.7. The van der Waals surface area contributed by atoms with Gasteiger partial charge in [0.15, 0.2) is 0 Å². The zero-order chi connectivity index (χ0) is 19.0. The Kier molecular flexibility index (Phi) is 5.30. The molecule has 0 unspecified atom stereocenters. The highest BCUT2D eigenvalue weighted by atomic mass is 15.3. The van der Waals surface area contributed by atoms with E-state index in [1.165, 1.54) is 0 Å². The molecular formula is C22H18N6. The standard InChI is InChI=1S/C22H18N6/c1-2-4-18(5-3-1)24-27-21-12-16-28(17-13-21)22-8-6-19(7-9-22)25-26-20-10-14-23-15-11-20/h1-17,24H. The lowest BCUT2D eigenvalue weighted by molar-refractivity contribution is 1.03. The van der Waals surface area contributed by atoms with Crippen LogP contribution >= 0.6 is 0 Å². The van der Waals surface area contributed by atoms with E-state index in [0.717, 1.165) is 28.1 Å². The van der Waals surface area contributed by atoms with Crippen LogP contribution in [0.5, 0.6) is 0 Å². The van der Waals surface area contributed by atoms with Crippen LogP contribution in [0.25, 0.3) is 5.69 Å². The van der Waals surface area contributed by atoms with Crippen molar-refractivity contribution in [3.05, 3.63) is 109 Å². The number of para-hydroxylation sites is 1. The average Bonchev–Trinajstić information content (AvgIpc) is 2.78. The molecule has 2 heterocycles. The van der Waals surface area contributed by atoms with Crippen LogP contribution in [-0.2, 0) is 0 Å². The quantitative estimate of drug-likeness (QED) is 0.389. The fraction of sp³-hybridized carbons (Fsp3) is 0. The Bertz CT molecular complexity index is 1100. The third kappa shape index (κ3) is 4.56. The van der Waals surface area contributed by atoms with Crippen LogP contribution in [0.15, 0.2) is 119 Å². The van der Waals surface area contributed by atoms with Crippen molar-refractivity contribution in [3.8, 4) is 5.69 Å². The van der Waals surface area contributed by atoms with E-state index < -0.39 is 0 Å². The van der Waals surface area contributed by atoms with E-state index in [9.17, 15) is 0 Å². The van der Waals surface area contributed by atoms with Gasteiger partial charge in [-0.05, 0) is 60.7 Å². The maximum absolute atomic E-state index is 4.38. The molecule has 1 N–H and O–H groups in total. The first-order valence-corrected chi connectivity index (χ1v) is 8.82. The topological polar surface area (TPSA) is 66.9 Å². The molecule has 6 nitrogen and oxygen atoms in total. The minimum Gasteiger partial charge on any atom is -0.324 e. The average molecular weight is 366 g/mol. The van der Waals surface area contributed by atoms with Gasteiger partial charge in [0.2, 0.25) is 0 Å². The maximum Gasteiger partial charge on any atom is 0.0887 e. The van der Waals surface area contributed by atoms with Crippen LogP contribution < -0.4 is 10.8 Å². The third-order valence-electron chi connectivity index (χ3n) is 3.99. The van der Waals surface area contributed by atoms with Gasteiger partial charge < -0.3 is 4.57 Å². The van der Waals surface area contributed by atoms with E-state index in [1.54, 1.807) is 12.4 Å². The second-order valence-electron chi connectivity index (χ2n) is 5.98. The number of hydrogen-bond donors (Lipinski definition) is 1. The van der Waals surface area contributed by atoms with Crippen molar-refractivity contribution < 1.29 is 0 Å². The van der Waals surface area contributed by atoms with E-state index in [0.29, 0.717) is 0 Å². The highest BCUT2D eigenvalue weighted by Crippen LogP contribution is 2.19. The summed E-state index contributed by atoms with van der Waals surface area (Å²) >= 11 is 0. The molecule has 28 heavy (non-hydrogen) atoms. The molecule has 0 atom stereocenters. The Morgan fingerprint density at radius 3 is 2.00 bits per heavy atom. The smallest absolute Gasteiger partial charge is 0.0887 e. The van der Waals surface area contributed by atoms with Gasteiger partial charge in [-0.1, -0.05) is 18.2 Å². The van der Waals surface area contributed by atoms with Crippen LogP contribution in [0.3, 0.4) is 0 Å². The number of nitrogens with one attached hydrogen (secondary N) is 1. The zero-order valence-electron chi connectivity index (χ0n) is 15.1. The minimum atomic E-state index is 0.775. The largest absolute Gasteiger partial charge is 0.324 e. The Hall–Kier alpha value is -4.06. The number of hydrogen-bond acceptors (Lipinski definition) is 5. The van der Waals surface area contributed by atoms with Crippen LogP contribution in [0.4, 0.5) is 17.1 Å². The van der Waals surface area contributed by atoms with Gasteiger partial charge in [-0.2, -0.15) is 15.3 Å². The summed E-state index contributed by atoms with van der Waals surface area (Å²) in [5.41, 5.74) is 6.60.